The van der Waals surface area contributed by atoms with E-state index in [1.54, 1.807) is 23.1 Å². The molecule has 0 fully saturated rings. The molecule has 4 rings (SSSR count). The van der Waals surface area contributed by atoms with Crippen molar-refractivity contribution >= 4 is 11.7 Å². The number of nitrogens with zero attached hydrogens (tertiary/aromatic N) is 4. The average molecular weight is 428 g/mol. The molecule has 1 N–H and O–H groups in total. The van der Waals surface area contributed by atoms with E-state index in [0.29, 0.717) is 18.2 Å². The van der Waals surface area contributed by atoms with Crippen LogP contribution in [0.4, 0.5) is 5.82 Å². The van der Waals surface area contributed by atoms with Gasteiger partial charge in [-0.2, -0.15) is 9.78 Å². The minimum atomic E-state index is -0.491. The Balaban J connectivity index is 1.67. The van der Waals surface area contributed by atoms with Gasteiger partial charge in [0, 0.05) is 23.9 Å². The van der Waals surface area contributed by atoms with Crippen LogP contribution in [0.3, 0.4) is 0 Å². The molecule has 1 amide bonds. The summed E-state index contributed by atoms with van der Waals surface area (Å²) in [4.78, 5) is 30.4. The first-order chi connectivity index (χ1) is 15.3. The minimum absolute atomic E-state index is 0.0644. The molecule has 0 aliphatic rings. The third kappa shape index (κ3) is 4.51. The molecule has 3 heterocycles. The van der Waals surface area contributed by atoms with E-state index in [1.165, 1.54) is 10.6 Å². The normalized spacial score (nSPS) is 11.3. The van der Waals surface area contributed by atoms with Crippen LogP contribution in [0.2, 0.25) is 0 Å². The maximum atomic E-state index is 13.1. The van der Waals surface area contributed by atoms with Crippen molar-refractivity contribution in [3.63, 3.8) is 0 Å². The summed E-state index contributed by atoms with van der Waals surface area (Å²) in [5.41, 5.74) is 1.26. The first-order valence-corrected chi connectivity index (χ1v) is 10.4. The van der Waals surface area contributed by atoms with Gasteiger partial charge in [-0.25, -0.2) is 4.98 Å². The van der Waals surface area contributed by atoms with E-state index < -0.39 is 5.91 Å². The second-order valence-corrected chi connectivity index (χ2v) is 8.56. The Morgan fingerprint density at radius 1 is 1.00 bits per heavy atom. The van der Waals surface area contributed by atoms with Gasteiger partial charge in [-0.1, -0.05) is 57.2 Å². The highest BCUT2D eigenvalue weighted by Gasteiger charge is 2.23. The Hall–Kier alpha value is -4.00. The summed E-state index contributed by atoms with van der Waals surface area (Å²) in [6.45, 7) is 6.52. The van der Waals surface area contributed by atoms with Gasteiger partial charge in [0.05, 0.1) is 12.2 Å². The number of amides is 1. The quantitative estimate of drug-likeness (QED) is 0.521. The molecule has 32 heavy (non-hydrogen) atoms. The molecule has 7 heteroatoms. The number of carbonyl (C=O) groups excluding carboxylic acids is 1. The summed E-state index contributed by atoms with van der Waals surface area (Å²) < 4.78 is 3.12. The van der Waals surface area contributed by atoms with Crippen molar-refractivity contribution in [1.82, 2.24) is 19.3 Å². The van der Waals surface area contributed by atoms with Crippen LogP contribution in [0.1, 0.15) is 42.4 Å². The molecule has 162 valence electrons. The summed E-state index contributed by atoms with van der Waals surface area (Å²) in [6.07, 6.45) is 3.35. The summed E-state index contributed by atoms with van der Waals surface area (Å²) in [5, 5.41) is 7.51. The van der Waals surface area contributed by atoms with Gasteiger partial charge in [0.2, 0.25) is 0 Å². The van der Waals surface area contributed by atoms with E-state index in [0.717, 1.165) is 11.3 Å². The summed E-state index contributed by atoms with van der Waals surface area (Å²) in [5.74, 6) is 0.541. The zero-order valence-corrected chi connectivity index (χ0v) is 18.3. The molecule has 0 atom stereocenters. The highest BCUT2D eigenvalue weighted by Crippen LogP contribution is 2.26. The van der Waals surface area contributed by atoms with E-state index in [-0.39, 0.29) is 16.5 Å². The van der Waals surface area contributed by atoms with Crippen molar-refractivity contribution in [2.24, 2.45) is 0 Å². The van der Waals surface area contributed by atoms with E-state index in [1.807, 2.05) is 75.4 Å². The van der Waals surface area contributed by atoms with Gasteiger partial charge >= 0.3 is 0 Å². The van der Waals surface area contributed by atoms with Crippen molar-refractivity contribution in [3.8, 4) is 5.82 Å². The van der Waals surface area contributed by atoms with Crippen molar-refractivity contribution in [3.05, 3.63) is 106 Å². The average Bonchev–Trinajstić information content (AvgIpc) is 3.21. The Kier molecular flexibility index (Phi) is 5.73. The zero-order valence-electron chi connectivity index (χ0n) is 18.3. The molecule has 7 nitrogen and oxygen atoms in total. The fraction of sp³-hybridized carbons (Fsp3) is 0.200. The Bertz CT molecular complexity index is 1290. The molecule has 4 aromatic rings. The molecular formula is C25H25N5O2. The first kappa shape index (κ1) is 21.2. The molecule has 0 bridgehead atoms. The first-order valence-electron chi connectivity index (χ1n) is 10.4. The van der Waals surface area contributed by atoms with Crippen LogP contribution >= 0.6 is 0 Å². The lowest BCUT2D eigenvalue weighted by molar-refractivity contribution is 0.102. The van der Waals surface area contributed by atoms with Crippen LogP contribution < -0.4 is 10.9 Å². The standard InChI is InChI=1S/C25H25N5O2/c1-25(2,3)20-16-22(30(28-20)21-13-7-8-14-26-21)27-23(31)19-12-9-15-29(24(19)32)17-18-10-5-4-6-11-18/h4-16H,17H2,1-3H3,(H,27,31). The van der Waals surface area contributed by atoms with Gasteiger partial charge in [-0.15, -0.1) is 0 Å². The molecule has 1 aromatic carbocycles. The minimum Gasteiger partial charge on any atom is -0.310 e. The third-order valence-corrected chi connectivity index (χ3v) is 5.05. The predicted octanol–water partition coefficient (Wildman–Crippen LogP) is 4.03. The van der Waals surface area contributed by atoms with Crippen molar-refractivity contribution in [1.29, 1.82) is 0 Å². The molecule has 0 saturated carbocycles. The third-order valence-electron chi connectivity index (χ3n) is 5.05. The predicted molar refractivity (Wildman–Crippen MR) is 124 cm³/mol. The smallest absolute Gasteiger partial charge is 0.263 e. The maximum absolute atomic E-state index is 13.1. The topological polar surface area (TPSA) is 81.8 Å². The number of hydrogen-bond acceptors (Lipinski definition) is 4. The molecule has 0 radical (unpaired) electrons. The monoisotopic (exact) mass is 427 g/mol. The summed E-state index contributed by atoms with van der Waals surface area (Å²) in [6, 6.07) is 20.2. The van der Waals surface area contributed by atoms with Crippen molar-refractivity contribution in [2.75, 3.05) is 5.32 Å². The number of nitrogens with one attached hydrogen (secondary N) is 1. The highest BCUT2D eigenvalue weighted by molar-refractivity contribution is 6.03. The number of rotatable bonds is 5. The SMILES string of the molecule is CC(C)(C)c1cc(NC(=O)c2cccn(Cc3ccccc3)c2=O)n(-c2ccccn2)n1. The van der Waals surface area contributed by atoms with Crippen LogP contribution in [-0.2, 0) is 12.0 Å². The number of anilines is 1. The largest absolute Gasteiger partial charge is 0.310 e. The fourth-order valence-corrected chi connectivity index (χ4v) is 3.29. The van der Waals surface area contributed by atoms with Crippen LogP contribution in [0.5, 0.6) is 0 Å². The van der Waals surface area contributed by atoms with Crippen LogP contribution in [0, 0.1) is 0 Å². The van der Waals surface area contributed by atoms with Gasteiger partial charge in [0.15, 0.2) is 5.82 Å². The Morgan fingerprint density at radius 3 is 2.44 bits per heavy atom. The highest BCUT2D eigenvalue weighted by atomic mass is 16.2. The maximum Gasteiger partial charge on any atom is 0.263 e. The van der Waals surface area contributed by atoms with Crippen molar-refractivity contribution < 1.29 is 4.79 Å². The van der Waals surface area contributed by atoms with E-state index >= 15 is 0 Å². The van der Waals surface area contributed by atoms with Crippen LogP contribution in [0.25, 0.3) is 5.82 Å². The number of carbonyl (C=O) groups is 1. The van der Waals surface area contributed by atoms with Crippen LogP contribution in [0.15, 0.2) is 83.9 Å². The molecule has 0 aliphatic carbocycles. The molecule has 0 aliphatic heterocycles. The number of hydrogen-bond donors (Lipinski definition) is 1. The molecular weight excluding hydrogens is 402 g/mol. The van der Waals surface area contributed by atoms with Gasteiger partial charge in [0.1, 0.15) is 11.4 Å². The number of aromatic nitrogens is 4. The number of benzene rings is 1. The van der Waals surface area contributed by atoms with Crippen molar-refractivity contribution in [2.45, 2.75) is 32.7 Å². The van der Waals surface area contributed by atoms with Gasteiger partial charge < -0.3 is 9.88 Å². The van der Waals surface area contributed by atoms with Crippen LogP contribution in [-0.4, -0.2) is 25.2 Å². The van der Waals surface area contributed by atoms with E-state index in [4.69, 9.17) is 0 Å². The molecule has 0 spiro atoms. The van der Waals surface area contributed by atoms with E-state index in [9.17, 15) is 9.59 Å². The van der Waals surface area contributed by atoms with E-state index in [2.05, 4.69) is 15.4 Å². The molecule has 0 saturated heterocycles. The van der Waals surface area contributed by atoms with Gasteiger partial charge in [-0.05, 0) is 29.8 Å². The fourth-order valence-electron chi connectivity index (χ4n) is 3.29. The molecule has 3 aromatic heterocycles. The lowest BCUT2D eigenvalue weighted by atomic mass is 9.92. The molecule has 0 unspecified atom stereocenters. The lowest BCUT2D eigenvalue weighted by Gasteiger charge is -2.13. The summed E-state index contributed by atoms with van der Waals surface area (Å²) >= 11 is 0. The second kappa shape index (κ2) is 8.63. The summed E-state index contributed by atoms with van der Waals surface area (Å²) in [7, 11) is 0. The van der Waals surface area contributed by atoms with Gasteiger partial charge in [0.25, 0.3) is 11.5 Å². The zero-order chi connectivity index (χ0) is 22.7. The second-order valence-electron chi connectivity index (χ2n) is 8.56. The lowest BCUT2D eigenvalue weighted by Crippen LogP contribution is -2.29. The van der Waals surface area contributed by atoms with Gasteiger partial charge in [-0.3, -0.25) is 9.59 Å². The number of pyridine rings is 2. The Morgan fingerprint density at radius 2 is 1.75 bits per heavy atom. The Labute approximate surface area is 186 Å².